The van der Waals surface area contributed by atoms with E-state index >= 15 is 0 Å². The van der Waals surface area contributed by atoms with Crippen LogP contribution in [0.5, 0.6) is 0 Å². The SMILES string of the molecule is O=C(O)COCCOCCOCCOCCOCCSc1cccc2c1C(=O)N(C1CCC(=O)NC1=O)C2=O. The number of carbonyl (C=O) groups is 5. The van der Waals surface area contributed by atoms with Gasteiger partial charge < -0.3 is 28.8 Å². The monoisotopic (exact) mass is 568 g/mol. The maximum absolute atomic E-state index is 13.1. The second kappa shape index (κ2) is 16.3. The summed E-state index contributed by atoms with van der Waals surface area (Å²) in [6.45, 7) is 2.90. The van der Waals surface area contributed by atoms with Crippen molar-refractivity contribution in [3.05, 3.63) is 29.3 Å². The number of carboxylic acid groups (broad SMARTS) is 1. The van der Waals surface area contributed by atoms with Gasteiger partial charge in [0.25, 0.3) is 11.8 Å². The molecule has 0 radical (unpaired) electrons. The van der Waals surface area contributed by atoms with E-state index in [0.717, 1.165) is 4.90 Å². The Morgan fingerprint density at radius 3 is 2.05 bits per heavy atom. The van der Waals surface area contributed by atoms with Crippen molar-refractivity contribution in [2.45, 2.75) is 23.8 Å². The molecule has 4 amide bonds. The van der Waals surface area contributed by atoms with Gasteiger partial charge in [0.2, 0.25) is 11.8 Å². The Bertz CT molecular complexity index is 1040. The highest BCUT2D eigenvalue weighted by Crippen LogP contribution is 2.34. The summed E-state index contributed by atoms with van der Waals surface area (Å²) in [7, 11) is 0. The summed E-state index contributed by atoms with van der Waals surface area (Å²) >= 11 is 1.38. The number of nitrogens with one attached hydrogen (secondary N) is 1. The molecular weight excluding hydrogens is 536 g/mol. The van der Waals surface area contributed by atoms with Gasteiger partial charge in [-0.05, 0) is 18.6 Å². The molecule has 1 unspecified atom stereocenters. The standard InChI is InChI=1S/C25H32N2O11S/c28-20-5-4-18(23(31)26-20)27-24(32)17-2-1-3-19(22(17)25(27)33)39-15-14-37-11-10-35-7-6-34-8-9-36-12-13-38-16-21(29)30/h1-3,18H,4-16H2,(H,29,30)(H,26,28,31). The number of benzene rings is 1. The molecule has 0 saturated carbocycles. The number of rotatable bonds is 19. The van der Waals surface area contributed by atoms with Crippen molar-refractivity contribution in [1.29, 1.82) is 0 Å². The first-order chi connectivity index (χ1) is 18.9. The second-order valence-electron chi connectivity index (χ2n) is 8.37. The third-order valence-corrected chi connectivity index (χ3v) is 6.65. The molecule has 2 aliphatic rings. The number of hydrogen-bond acceptors (Lipinski definition) is 11. The number of thioether (sulfide) groups is 1. The number of imide groups is 2. The van der Waals surface area contributed by atoms with Crippen LogP contribution in [0, 0.1) is 0 Å². The molecule has 1 saturated heterocycles. The minimum absolute atomic E-state index is 0.0729. The van der Waals surface area contributed by atoms with Crippen molar-refractivity contribution < 1.29 is 52.8 Å². The average molecular weight is 569 g/mol. The Morgan fingerprint density at radius 2 is 1.46 bits per heavy atom. The summed E-state index contributed by atoms with van der Waals surface area (Å²) in [6, 6.07) is 4.02. The number of nitrogens with zero attached hydrogens (tertiary/aromatic N) is 1. The second-order valence-corrected chi connectivity index (χ2v) is 9.51. The number of carboxylic acids is 1. The van der Waals surface area contributed by atoms with Gasteiger partial charge in [-0.3, -0.25) is 29.4 Å². The zero-order valence-corrected chi connectivity index (χ0v) is 22.2. The van der Waals surface area contributed by atoms with E-state index in [1.54, 1.807) is 18.2 Å². The third-order valence-electron chi connectivity index (χ3n) is 5.63. The first kappa shape index (κ1) is 30.7. The molecule has 1 atom stereocenters. The molecule has 2 aliphatic heterocycles. The molecule has 2 heterocycles. The van der Waals surface area contributed by atoms with Crippen LogP contribution in [0.3, 0.4) is 0 Å². The number of piperidine rings is 1. The fourth-order valence-corrected chi connectivity index (χ4v) is 4.79. The van der Waals surface area contributed by atoms with E-state index in [2.05, 4.69) is 5.32 Å². The molecule has 0 aromatic heterocycles. The molecule has 0 bridgehead atoms. The van der Waals surface area contributed by atoms with Crippen molar-refractivity contribution in [3.63, 3.8) is 0 Å². The zero-order valence-electron chi connectivity index (χ0n) is 21.4. The predicted octanol–water partition coefficient (Wildman–Crippen LogP) is 0.348. The number of amides is 4. The molecule has 1 aromatic rings. The highest BCUT2D eigenvalue weighted by molar-refractivity contribution is 7.99. The molecule has 2 N–H and O–H groups in total. The summed E-state index contributed by atoms with van der Waals surface area (Å²) < 4.78 is 26.4. The van der Waals surface area contributed by atoms with Crippen molar-refractivity contribution in [3.8, 4) is 0 Å². The molecule has 3 rings (SSSR count). The number of ether oxygens (including phenoxy) is 5. The molecule has 39 heavy (non-hydrogen) atoms. The van der Waals surface area contributed by atoms with Gasteiger partial charge in [-0.2, -0.15) is 0 Å². The first-order valence-corrected chi connectivity index (χ1v) is 13.5. The summed E-state index contributed by atoms with van der Waals surface area (Å²) in [5.74, 6) is -2.58. The lowest BCUT2D eigenvalue weighted by Crippen LogP contribution is -2.54. The molecule has 1 fully saturated rings. The van der Waals surface area contributed by atoms with E-state index < -0.39 is 35.6 Å². The van der Waals surface area contributed by atoms with Gasteiger partial charge >= 0.3 is 5.97 Å². The normalized spacial score (nSPS) is 17.0. The maximum atomic E-state index is 13.1. The lowest BCUT2D eigenvalue weighted by Gasteiger charge is -2.27. The summed E-state index contributed by atoms with van der Waals surface area (Å²) in [5.41, 5.74) is 0.528. The van der Waals surface area contributed by atoms with Crippen LogP contribution >= 0.6 is 11.8 Å². The van der Waals surface area contributed by atoms with Crippen molar-refractivity contribution in [1.82, 2.24) is 10.2 Å². The largest absolute Gasteiger partial charge is 0.480 e. The Hall–Kier alpha value is -2.88. The van der Waals surface area contributed by atoms with Crippen LogP contribution in [0.1, 0.15) is 33.6 Å². The number of carbonyl (C=O) groups excluding carboxylic acids is 4. The predicted molar refractivity (Wildman–Crippen MR) is 136 cm³/mol. The van der Waals surface area contributed by atoms with Crippen LogP contribution in [0.2, 0.25) is 0 Å². The first-order valence-electron chi connectivity index (χ1n) is 12.5. The highest BCUT2D eigenvalue weighted by atomic mass is 32.2. The Balaban J connectivity index is 1.25. The van der Waals surface area contributed by atoms with Crippen LogP contribution in [-0.2, 0) is 38.1 Å². The molecule has 0 spiro atoms. The highest BCUT2D eigenvalue weighted by Gasteiger charge is 2.45. The molecule has 1 aromatic carbocycles. The van der Waals surface area contributed by atoms with Crippen molar-refractivity contribution in [2.75, 3.05) is 71.8 Å². The number of aliphatic carboxylic acids is 1. The van der Waals surface area contributed by atoms with Gasteiger partial charge in [-0.1, -0.05) is 6.07 Å². The van der Waals surface area contributed by atoms with E-state index in [-0.39, 0.29) is 37.2 Å². The van der Waals surface area contributed by atoms with E-state index in [1.807, 2.05) is 0 Å². The van der Waals surface area contributed by atoms with E-state index in [1.165, 1.54) is 11.8 Å². The Kier molecular flexibility index (Phi) is 12.8. The van der Waals surface area contributed by atoms with Crippen molar-refractivity contribution in [2.24, 2.45) is 0 Å². The Morgan fingerprint density at radius 1 is 0.872 bits per heavy atom. The fraction of sp³-hybridized carbons (Fsp3) is 0.560. The minimum Gasteiger partial charge on any atom is -0.480 e. The zero-order chi connectivity index (χ0) is 28.0. The van der Waals surface area contributed by atoms with Gasteiger partial charge in [0, 0.05) is 17.1 Å². The number of fused-ring (bicyclic) bond motifs is 1. The van der Waals surface area contributed by atoms with E-state index in [4.69, 9.17) is 28.8 Å². The van der Waals surface area contributed by atoms with E-state index in [0.29, 0.717) is 63.5 Å². The maximum Gasteiger partial charge on any atom is 0.329 e. The quantitative estimate of drug-likeness (QED) is 0.134. The van der Waals surface area contributed by atoms with Gasteiger partial charge in [0.05, 0.1) is 70.6 Å². The smallest absolute Gasteiger partial charge is 0.329 e. The minimum atomic E-state index is -1.02. The topological polar surface area (TPSA) is 167 Å². The summed E-state index contributed by atoms with van der Waals surface area (Å²) in [4.78, 5) is 61.5. The third kappa shape index (κ3) is 9.37. The van der Waals surface area contributed by atoms with E-state index in [9.17, 15) is 24.0 Å². The van der Waals surface area contributed by atoms with Gasteiger partial charge in [-0.25, -0.2) is 4.79 Å². The van der Waals surface area contributed by atoms with Gasteiger partial charge in [-0.15, -0.1) is 11.8 Å². The fourth-order valence-electron chi connectivity index (χ4n) is 3.85. The van der Waals surface area contributed by atoms with Crippen LogP contribution < -0.4 is 5.32 Å². The lowest BCUT2D eigenvalue weighted by atomic mass is 10.0. The molecule has 214 valence electrons. The lowest BCUT2D eigenvalue weighted by molar-refractivity contribution is -0.143. The van der Waals surface area contributed by atoms with Gasteiger partial charge in [0.15, 0.2) is 0 Å². The molecule has 13 nitrogen and oxygen atoms in total. The van der Waals surface area contributed by atoms with Crippen molar-refractivity contribution >= 4 is 41.4 Å². The van der Waals surface area contributed by atoms with Crippen LogP contribution in [-0.4, -0.2) is 117 Å². The molecular formula is C25H32N2O11S. The average Bonchev–Trinajstić information content (AvgIpc) is 3.16. The summed E-state index contributed by atoms with van der Waals surface area (Å²) in [6.07, 6.45) is 0.186. The molecule has 0 aliphatic carbocycles. The number of hydrogen-bond donors (Lipinski definition) is 2. The van der Waals surface area contributed by atoms with Crippen LogP contribution in [0.15, 0.2) is 23.1 Å². The summed E-state index contributed by atoms with van der Waals surface area (Å²) in [5, 5.41) is 10.6. The van der Waals surface area contributed by atoms with Gasteiger partial charge in [0.1, 0.15) is 12.6 Å². The van der Waals surface area contributed by atoms with Crippen LogP contribution in [0.25, 0.3) is 0 Å². The Labute approximate surface area is 229 Å². The van der Waals surface area contributed by atoms with Crippen LogP contribution in [0.4, 0.5) is 0 Å². The molecule has 14 heteroatoms.